The fourth-order valence-electron chi connectivity index (χ4n) is 1.73. The molecule has 0 radical (unpaired) electrons. The van der Waals surface area contributed by atoms with E-state index in [1.807, 2.05) is 32.0 Å². The van der Waals surface area contributed by atoms with Gasteiger partial charge in [0.2, 0.25) is 5.91 Å². The molecular formula is C18H35NO. The maximum Gasteiger partial charge on any atom is 0.217 e. The van der Waals surface area contributed by atoms with Crippen LogP contribution in [0.3, 0.4) is 0 Å². The van der Waals surface area contributed by atoms with Crippen LogP contribution in [0.1, 0.15) is 68.3 Å². The molecular weight excluding hydrogens is 246 g/mol. The van der Waals surface area contributed by atoms with Gasteiger partial charge in [0.25, 0.3) is 0 Å². The van der Waals surface area contributed by atoms with Crippen LogP contribution < -0.4 is 5.32 Å². The molecule has 1 rings (SSSR count). The summed E-state index contributed by atoms with van der Waals surface area (Å²) < 4.78 is 0. The molecule has 0 aliphatic carbocycles. The topological polar surface area (TPSA) is 29.1 Å². The summed E-state index contributed by atoms with van der Waals surface area (Å²) in [5.41, 5.74) is 1.13. The molecule has 1 amide bonds. The third-order valence-corrected chi connectivity index (χ3v) is 2.70. The number of rotatable bonds is 4. The molecule has 1 N–H and O–H groups in total. The van der Waals surface area contributed by atoms with E-state index in [0.29, 0.717) is 0 Å². The third-order valence-electron chi connectivity index (χ3n) is 2.70. The molecule has 0 heterocycles. The molecule has 1 atom stereocenters. The Kier molecular flexibility index (Phi) is 13.3. The average Bonchev–Trinajstić information content (AvgIpc) is 2.42. The van der Waals surface area contributed by atoms with Crippen molar-refractivity contribution in [2.75, 3.05) is 0 Å². The van der Waals surface area contributed by atoms with E-state index in [4.69, 9.17) is 0 Å². The number of hydrogen-bond donors (Lipinski definition) is 1. The lowest BCUT2D eigenvalue weighted by Gasteiger charge is -2.29. The largest absolute Gasteiger partial charge is 0.351 e. The molecule has 0 saturated carbocycles. The molecule has 1 unspecified atom stereocenters. The van der Waals surface area contributed by atoms with E-state index in [9.17, 15) is 4.79 Å². The number of nitrogens with one attached hydrogen (secondary N) is 1. The predicted molar refractivity (Wildman–Crippen MR) is 92.1 cm³/mol. The summed E-state index contributed by atoms with van der Waals surface area (Å²) in [5, 5.41) is 3.02. The first-order chi connectivity index (χ1) is 9.47. The summed E-state index contributed by atoms with van der Waals surface area (Å²) in [6, 6.07) is 10.2. The van der Waals surface area contributed by atoms with Crippen molar-refractivity contribution in [1.29, 1.82) is 0 Å². The third kappa shape index (κ3) is 10.6. The van der Waals surface area contributed by atoms with Crippen molar-refractivity contribution in [3.63, 3.8) is 0 Å². The summed E-state index contributed by atoms with van der Waals surface area (Å²) in [4.78, 5) is 11.1. The Morgan fingerprint density at radius 3 is 1.95 bits per heavy atom. The highest BCUT2D eigenvalue weighted by molar-refractivity contribution is 5.73. The maximum atomic E-state index is 11.1. The second-order valence-electron chi connectivity index (χ2n) is 4.96. The average molecular weight is 281 g/mol. The molecule has 2 heteroatoms. The molecule has 0 saturated heterocycles. The molecule has 1 aromatic rings. The lowest BCUT2D eigenvalue weighted by atomic mass is 9.90. The Morgan fingerprint density at radius 2 is 1.60 bits per heavy atom. The Bertz CT molecular complexity index is 340. The van der Waals surface area contributed by atoms with Crippen LogP contribution in [0.4, 0.5) is 0 Å². The molecule has 1 aromatic carbocycles. The summed E-state index contributed by atoms with van der Waals surface area (Å²) >= 11 is 0. The first kappa shape index (κ1) is 21.0. The van der Waals surface area contributed by atoms with E-state index in [1.165, 1.54) is 12.0 Å². The zero-order valence-electron chi connectivity index (χ0n) is 14.4. The number of carbonyl (C=O) groups excluding carboxylic acids is 1. The lowest BCUT2D eigenvalue weighted by molar-refractivity contribution is -0.120. The first-order valence-corrected chi connectivity index (χ1v) is 7.80. The van der Waals surface area contributed by atoms with Gasteiger partial charge >= 0.3 is 0 Å². The highest BCUT2D eigenvalue weighted by Gasteiger charge is 2.22. The van der Waals surface area contributed by atoms with E-state index in [1.54, 1.807) is 6.92 Å². The van der Waals surface area contributed by atoms with Gasteiger partial charge in [-0.3, -0.25) is 4.79 Å². The van der Waals surface area contributed by atoms with Crippen LogP contribution in [0, 0.1) is 0 Å². The van der Waals surface area contributed by atoms with E-state index in [-0.39, 0.29) is 12.9 Å². The number of hydrogen-bond acceptors (Lipinski definition) is 1. The molecule has 0 aromatic heterocycles. The summed E-state index contributed by atoms with van der Waals surface area (Å²) in [7, 11) is 0. The van der Waals surface area contributed by atoms with Crippen LogP contribution in [0.2, 0.25) is 0 Å². The van der Waals surface area contributed by atoms with Crippen molar-refractivity contribution in [1.82, 2.24) is 5.32 Å². The van der Waals surface area contributed by atoms with Crippen LogP contribution in [0.25, 0.3) is 0 Å². The van der Waals surface area contributed by atoms with E-state index < -0.39 is 0 Å². The lowest BCUT2D eigenvalue weighted by Crippen LogP contribution is -2.46. The van der Waals surface area contributed by atoms with Crippen molar-refractivity contribution in [2.24, 2.45) is 0 Å². The smallest absolute Gasteiger partial charge is 0.217 e. The quantitative estimate of drug-likeness (QED) is 0.805. The Labute approximate surface area is 127 Å². The van der Waals surface area contributed by atoms with Crippen molar-refractivity contribution < 1.29 is 6.22 Å². The second-order valence-corrected chi connectivity index (χ2v) is 4.96. The standard InChI is InChI=1S/C13H19NO.C3H8.C2H6.H2/c1-4-13(3,14-11(2)15)10-12-8-6-5-7-9-12;1-3-2;1-2;/h5-9H,4,10H2,1-3H3,(H,14,15);3H2,1-2H3;1-2H3;1H. The molecule has 0 spiro atoms. The van der Waals surface area contributed by atoms with Crippen LogP contribution in [0.5, 0.6) is 0 Å². The molecule has 0 fully saturated rings. The van der Waals surface area contributed by atoms with Gasteiger partial charge in [-0.2, -0.15) is 0 Å². The van der Waals surface area contributed by atoms with E-state index >= 15 is 0 Å². The minimum absolute atomic E-state index is 0. The zero-order chi connectivity index (χ0) is 16.0. The van der Waals surface area contributed by atoms with Crippen molar-refractivity contribution in [2.45, 2.75) is 73.3 Å². The van der Waals surface area contributed by atoms with E-state index in [2.05, 4.69) is 45.1 Å². The Balaban J connectivity index is -0.000000479. The molecule has 0 bridgehead atoms. The fraction of sp³-hybridized carbons (Fsp3) is 0.611. The van der Waals surface area contributed by atoms with Gasteiger partial charge in [-0.15, -0.1) is 0 Å². The van der Waals surface area contributed by atoms with Crippen molar-refractivity contribution >= 4 is 5.91 Å². The van der Waals surface area contributed by atoms with Crippen molar-refractivity contribution in [3.8, 4) is 0 Å². The van der Waals surface area contributed by atoms with Gasteiger partial charge in [-0.05, 0) is 25.3 Å². The highest BCUT2D eigenvalue weighted by Crippen LogP contribution is 2.16. The normalized spacial score (nSPS) is 11.9. The van der Waals surface area contributed by atoms with Gasteiger partial charge in [-0.25, -0.2) is 0 Å². The summed E-state index contributed by atoms with van der Waals surface area (Å²) in [5.74, 6) is 0.0373. The van der Waals surface area contributed by atoms with Gasteiger partial charge in [0.15, 0.2) is 0 Å². The molecule has 20 heavy (non-hydrogen) atoms. The zero-order valence-corrected chi connectivity index (χ0v) is 14.4. The first-order valence-electron chi connectivity index (χ1n) is 7.80. The minimum atomic E-state index is -0.132. The van der Waals surface area contributed by atoms with Gasteiger partial charge in [0.1, 0.15) is 0 Å². The van der Waals surface area contributed by atoms with Gasteiger partial charge in [0, 0.05) is 13.9 Å². The van der Waals surface area contributed by atoms with Crippen LogP contribution in [0.15, 0.2) is 30.3 Å². The van der Waals surface area contributed by atoms with Crippen molar-refractivity contribution in [3.05, 3.63) is 35.9 Å². The van der Waals surface area contributed by atoms with Gasteiger partial charge in [-0.1, -0.05) is 71.4 Å². The molecule has 118 valence electrons. The van der Waals surface area contributed by atoms with E-state index in [0.717, 1.165) is 12.8 Å². The molecule has 0 aliphatic rings. The van der Waals surface area contributed by atoms with Crippen LogP contribution in [-0.2, 0) is 11.2 Å². The fourth-order valence-corrected chi connectivity index (χ4v) is 1.73. The monoisotopic (exact) mass is 281 g/mol. The highest BCUT2D eigenvalue weighted by atomic mass is 16.1. The van der Waals surface area contributed by atoms with Gasteiger partial charge in [0.05, 0.1) is 0 Å². The number of carbonyl (C=O) groups is 1. The summed E-state index contributed by atoms with van der Waals surface area (Å²) in [6.07, 6.45) is 3.06. The van der Waals surface area contributed by atoms with Crippen LogP contribution >= 0.6 is 0 Å². The SMILES string of the molecule is CC.CCC.CCC(C)(Cc1ccccc1)NC(C)=O.[HH]. The molecule has 2 nitrogen and oxygen atoms in total. The Hall–Kier alpha value is -1.31. The maximum absolute atomic E-state index is 11.1. The minimum Gasteiger partial charge on any atom is -0.351 e. The van der Waals surface area contributed by atoms with Gasteiger partial charge < -0.3 is 5.32 Å². The number of amides is 1. The molecule has 0 aliphatic heterocycles. The predicted octanol–water partition coefficient (Wildman–Crippen LogP) is 5.22. The number of benzene rings is 1. The second kappa shape index (κ2) is 12.7. The van der Waals surface area contributed by atoms with Crippen LogP contribution in [-0.4, -0.2) is 11.4 Å². The summed E-state index contributed by atoms with van der Waals surface area (Å²) in [6.45, 7) is 14.0. The Morgan fingerprint density at radius 1 is 1.15 bits per heavy atom.